The average Bonchev–Trinajstić information content (AvgIpc) is 2.66. The number of hydrogen-bond acceptors (Lipinski definition) is 2. The third-order valence-electron chi connectivity index (χ3n) is 3.55. The summed E-state index contributed by atoms with van der Waals surface area (Å²) in [5.41, 5.74) is 7.48. The Balaban J connectivity index is 2.67. The highest BCUT2D eigenvalue weighted by atomic mass is 19.1. The Morgan fingerprint density at radius 1 is 1.35 bits per heavy atom. The van der Waals surface area contributed by atoms with Crippen LogP contribution in [0.2, 0.25) is 0 Å². The van der Waals surface area contributed by atoms with Crippen LogP contribution >= 0.6 is 0 Å². The van der Waals surface area contributed by atoms with Gasteiger partial charge in [0, 0.05) is 13.1 Å². The molecule has 17 heavy (non-hydrogen) atoms. The summed E-state index contributed by atoms with van der Waals surface area (Å²) in [6.45, 7) is 4.09. The Hall–Kier alpha value is -1.42. The van der Waals surface area contributed by atoms with E-state index < -0.39 is 5.54 Å². The number of aromatic nitrogens is 2. The molecule has 1 heterocycles. The van der Waals surface area contributed by atoms with Gasteiger partial charge in [-0.15, -0.1) is 0 Å². The fourth-order valence-corrected chi connectivity index (χ4v) is 2.18. The maximum absolute atomic E-state index is 13.2. The largest absolute Gasteiger partial charge is 0.330 e. The third-order valence-corrected chi connectivity index (χ3v) is 3.55. The standard InChI is InChI=1S/C13H18FN3/c1-4-13(15,5-2)12-16-10-8-9(14)6-7-11(10)17(12)3/h6-8H,4-5,15H2,1-3H3. The van der Waals surface area contributed by atoms with Crippen molar-refractivity contribution in [1.29, 1.82) is 0 Å². The van der Waals surface area contributed by atoms with Gasteiger partial charge in [0.15, 0.2) is 0 Å². The van der Waals surface area contributed by atoms with Gasteiger partial charge in [0.05, 0.1) is 16.6 Å². The van der Waals surface area contributed by atoms with Crippen molar-refractivity contribution in [3.63, 3.8) is 0 Å². The van der Waals surface area contributed by atoms with E-state index in [1.807, 2.05) is 25.5 Å². The smallest absolute Gasteiger partial charge is 0.129 e. The molecule has 2 rings (SSSR count). The van der Waals surface area contributed by atoms with Crippen molar-refractivity contribution in [3.05, 3.63) is 29.8 Å². The number of halogens is 1. The summed E-state index contributed by atoms with van der Waals surface area (Å²) in [5, 5.41) is 0. The fourth-order valence-electron chi connectivity index (χ4n) is 2.18. The van der Waals surface area contributed by atoms with Gasteiger partial charge in [-0.2, -0.15) is 0 Å². The molecule has 1 aromatic heterocycles. The van der Waals surface area contributed by atoms with E-state index in [0.717, 1.165) is 24.2 Å². The summed E-state index contributed by atoms with van der Waals surface area (Å²) < 4.78 is 15.1. The first-order valence-corrected chi connectivity index (χ1v) is 5.93. The second-order valence-corrected chi connectivity index (χ2v) is 4.49. The van der Waals surface area contributed by atoms with E-state index in [9.17, 15) is 4.39 Å². The highest BCUT2D eigenvalue weighted by Gasteiger charge is 2.28. The summed E-state index contributed by atoms with van der Waals surface area (Å²) in [6.07, 6.45) is 1.62. The monoisotopic (exact) mass is 235 g/mol. The van der Waals surface area contributed by atoms with E-state index in [0.29, 0.717) is 5.52 Å². The molecule has 3 nitrogen and oxygen atoms in total. The van der Waals surface area contributed by atoms with Crippen LogP contribution in [0.4, 0.5) is 4.39 Å². The quantitative estimate of drug-likeness (QED) is 0.888. The summed E-state index contributed by atoms with van der Waals surface area (Å²) >= 11 is 0. The van der Waals surface area contributed by atoms with Crippen LogP contribution in [0.5, 0.6) is 0 Å². The van der Waals surface area contributed by atoms with Gasteiger partial charge in [0.2, 0.25) is 0 Å². The molecule has 0 aliphatic rings. The van der Waals surface area contributed by atoms with Crippen molar-refractivity contribution < 1.29 is 4.39 Å². The molecule has 2 aromatic rings. The lowest BCUT2D eigenvalue weighted by atomic mass is 9.93. The first kappa shape index (κ1) is 12.0. The molecule has 0 saturated carbocycles. The lowest BCUT2D eigenvalue weighted by Gasteiger charge is -2.25. The van der Waals surface area contributed by atoms with E-state index in [-0.39, 0.29) is 5.82 Å². The Kier molecular flexibility index (Phi) is 2.91. The van der Waals surface area contributed by atoms with Crippen LogP contribution in [0.3, 0.4) is 0 Å². The minimum atomic E-state index is -0.440. The minimum Gasteiger partial charge on any atom is -0.330 e. The molecule has 0 fully saturated rings. The van der Waals surface area contributed by atoms with Crippen LogP contribution in [0, 0.1) is 5.82 Å². The van der Waals surface area contributed by atoms with Gasteiger partial charge in [-0.05, 0) is 25.0 Å². The van der Waals surface area contributed by atoms with Crippen molar-refractivity contribution in [2.24, 2.45) is 12.8 Å². The molecule has 2 N–H and O–H groups in total. The number of fused-ring (bicyclic) bond motifs is 1. The fraction of sp³-hybridized carbons (Fsp3) is 0.462. The zero-order valence-corrected chi connectivity index (χ0v) is 10.5. The van der Waals surface area contributed by atoms with Crippen molar-refractivity contribution >= 4 is 11.0 Å². The van der Waals surface area contributed by atoms with Gasteiger partial charge in [-0.3, -0.25) is 0 Å². The SMILES string of the molecule is CCC(N)(CC)c1nc2cc(F)ccc2n1C. The van der Waals surface area contributed by atoms with E-state index in [1.54, 1.807) is 6.07 Å². The number of aryl methyl sites for hydroxylation is 1. The molecule has 92 valence electrons. The molecule has 0 radical (unpaired) electrons. The lowest BCUT2D eigenvalue weighted by Crippen LogP contribution is -2.37. The van der Waals surface area contributed by atoms with Crippen molar-refractivity contribution in [3.8, 4) is 0 Å². The number of rotatable bonds is 3. The van der Waals surface area contributed by atoms with Crippen LogP contribution in [0.15, 0.2) is 18.2 Å². The highest BCUT2D eigenvalue weighted by molar-refractivity contribution is 5.76. The number of nitrogens with two attached hydrogens (primary N) is 1. The van der Waals surface area contributed by atoms with E-state index in [1.165, 1.54) is 12.1 Å². The van der Waals surface area contributed by atoms with E-state index in [2.05, 4.69) is 4.98 Å². The van der Waals surface area contributed by atoms with Crippen molar-refractivity contribution in [2.75, 3.05) is 0 Å². The molecule has 0 amide bonds. The highest BCUT2D eigenvalue weighted by Crippen LogP contribution is 2.27. The molecule has 0 bridgehead atoms. The summed E-state index contributed by atoms with van der Waals surface area (Å²) in [4.78, 5) is 4.48. The number of hydrogen-bond donors (Lipinski definition) is 1. The maximum Gasteiger partial charge on any atom is 0.129 e. The van der Waals surface area contributed by atoms with E-state index in [4.69, 9.17) is 5.73 Å². The van der Waals surface area contributed by atoms with Gasteiger partial charge in [-0.25, -0.2) is 9.37 Å². The van der Waals surface area contributed by atoms with Crippen LogP contribution in [0.25, 0.3) is 11.0 Å². The van der Waals surface area contributed by atoms with Crippen LogP contribution in [-0.4, -0.2) is 9.55 Å². The van der Waals surface area contributed by atoms with Crippen molar-refractivity contribution in [1.82, 2.24) is 9.55 Å². The zero-order chi connectivity index (χ0) is 12.6. The van der Waals surface area contributed by atoms with Gasteiger partial charge >= 0.3 is 0 Å². The van der Waals surface area contributed by atoms with Crippen LogP contribution < -0.4 is 5.73 Å². The summed E-state index contributed by atoms with van der Waals surface area (Å²) in [7, 11) is 1.93. The molecule has 4 heteroatoms. The number of nitrogens with zero attached hydrogens (tertiary/aromatic N) is 2. The average molecular weight is 235 g/mol. The van der Waals surface area contributed by atoms with Gasteiger partial charge < -0.3 is 10.3 Å². The van der Waals surface area contributed by atoms with Crippen molar-refractivity contribution in [2.45, 2.75) is 32.2 Å². The second-order valence-electron chi connectivity index (χ2n) is 4.49. The number of benzene rings is 1. The molecular weight excluding hydrogens is 217 g/mol. The summed E-state index contributed by atoms with van der Waals surface area (Å²) in [6, 6.07) is 4.64. The molecule has 0 spiro atoms. The molecule has 0 unspecified atom stereocenters. The molecule has 1 aromatic carbocycles. The first-order chi connectivity index (χ1) is 8.01. The normalized spacial score (nSPS) is 12.3. The molecule has 0 saturated heterocycles. The second kappa shape index (κ2) is 4.11. The predicted octanol–water partition coefficient (Wildman–Crippen LogP) is 2.69. The van der Waals surface area contributed by atoms with E-state index >= 15 is 0 Å². The maximum atomic E-state index is 13.2. The Morgan fingerprint density at radius 3 is 2.59 bits per heavy atom. The van der Waals surface area contributed by atoms with Gasteiger partial charge in [0.25, 0.3) is 0 Å². The number of imidazole rings is 1. The predicted molar refractivity (Wildman–Crippen MR) is 67.1 cm³/mol. The zero-order valence-electron chi connectivity index (χ0n) is 10.5. The third kappa shape index (κ3) is 1.82. The Morgan fingerprint density at radius 2 is 2.00 bits per heavy atom. The summed E-state index contributed by atoms with van der Waals surface area (Å²) in [5.74, 6) is 0.556. The first-order valence-electron chi connectivity index (χ1n) is 5.93. The lowest BCUT2D eigenvalue weighted by molar-refractivity contribution is 0.378. The Labute approximate surface area is 100 Å². The van der Waals surface area contributed by atoms with Crippen LogP contribution in [-0.2, 0) is 12.6 Å². The molecule has 0 aliphatic heterocycles. The van der Waals surface area contributed by atoms with Gasteiger partial charge in [0.1, 0.15) is 11.6 Å². The Bertz CT molecular complexity index is 541. The van der Waals surface area contributed by atoms with Gasteiger partial charge in [-0.1, -0.05) is 13.8 Å². The molecule has 0 aliphatic carbocycles. The minimum absolute atomic E-state index is 0.266. The van der Waals surface area contributed by atoms with Crippen LogP contribution in [0.1, 0.15) is 32.5 Å². The molecular formula is C13H18FN3. The topological polar surface area (TPSA) is 43.8 Å². The molecule has 0 atom stereocenters.